The first-order chi connectivity index (χ1) is 14.9. The van der Waals surface area contributed by atoms with Gasteiger partial charge in [-0.1, -0.05) is 31.4 Å². The van der Waals surface area contributed by atoms with Crippen molar-refractivity contribution in [3.8, 4) is 0 Å². The first-order valence-electron chi connectivity index (χ1n) is 11.7. The van der Waals surface area contributed by atoms with Gasteiger partial charge in [-0.2, -0.15) is 0 Å². The minimum absolute atomic E-state index is 0.0186. The van der Waals surface area contributed by atoms with Crippen molar-refractivity contribution in [2.75, 3.05) is 25.5 Å². The maximum absolute atomic E-state index is 12.6. The van der Waals surface area contributed by atoms with Crippen LogP contribution in [-0.4, -0.2) is 70.9 Å². The summed E-state index contributed by atoms with van der Waals surface area (Å²) in [6, 6.07) is 8.46. The normalized spacial score (nSPS) is 32.9. The zero-order chi connectivity index (χ0) is 21.7. The van der Waals surface area contributed by atoms with E-state index in [2.05, 4.69) is 39.0 Å². The number of anilines is 1. The van der Waals surface area contributed by atoms with Crippen LogP contribution in [0.15, 0.2) is 24.3 Å². The summed E-state index contributed by atoms with van der Waals surface area (Å²) >= 11 is 6.02. The van der Waals surface area contributed by atoms with Gasteiger partial charge in [-0.05, 0) is 55.1 Å². The predicted molar refractivity (Wildman–Crippen MR) is 124 cm³/mol. The summed E-state index contributed by atoms with van der Waals surface area (Å²) in [5, 5.41) is 11.5. The summed E-state index contributed by atoms with van der Waals surface area (Å²) in [5.74, 6) is 0.172. The second-order valence-corrected chi connectivity index (χ2v) is 10.3. The highest BCUT2D eigenvalue weighted by atomic mass is 32.1. The van der Waals surface area contributed by atoms with Crippen LogP contribution in [0.2, 0.25) is 0 Å². The number of nitrogens with zero attached hydrogens (tertiary/aromatic N) is 3. The van der Waals surface area contributed by atoms with Gasteiger partial charge in [0.05, 0.1) is 24.1 Å². The average molecular weight is 444 g/mol. The minimum atomic E-state index is -0.611. The summed E-state index contributed by atoms with van der Waals surface area (Å²) in [7, 11) is 4.07. The highest BCUT2D eigenvalue weighted by molar-refractivity contribution is 7.80. The molecule has 5 unspecified atom stereocenters. The Labute approximate surface area is 190 Å². The van der Waals surface area contributed by atoms with Gasteiger partial charge in [0.2, 0.25) is 0 Å². The summed E-state index contributed by atoms with van der Waals surface area (Å²) < 4.78 is 5.69. The molecule has 0 amide bonds. The third-order valence-corrected chi connectivity index (χ3v) is 8.19. The van der Waals surface area contributed by atoms with E-state index in [-0.39, 0.29) is 24.0 Å². The lowest BCUT2D eigenvalue weighted by molar-refractivity contribution is -0.199. The predicted octanol–water partition coefficient (Wildman–Crippen LogP) is 2.78. The first-order valence-corrected chi connectivity index (χ1v) is 12.1. The van der Waals surface area contributed by atoms with Crippen molar-refractivity contribution in [3.63, 3.8) is 0 Å². The molecule has 0 radical (unpaired) electrons. The van der Waals surface area contributed by atoms with Crippen LogP contribution in [0.3, 0.4) is 0 Å². The van der Waals surface area contributed by atoms with Crippen LogP contribution in [0.5, 0.6) is 0 Å². The number of aliphatic hydroxyl groups excluding tert-OH is 1. The summed E-state index contributed by atoms with van der Waals surface area (Å²) in [5.41, 5.74) is 2.33. The number of thiocarbonyl (C=S) groups is 1. The quantitative estimate of drug-likeness (QED) is 0.555. The molecule has 31 heavy (non-hydrogen) atoms. The molecule has 2 saturated carbocycles. The van der Waals surface area contributed by atoms with Gasteiger partial charge >= 0.3 is 5.97 Å². The number of carbonyl (C=O) groups excluding carboxylic acids is 1. The maximum Gasteiger partial charge on any atom is 0.311 e. The third-order valence-electron chi connectivity index (χ3n) is 7.72. The van der Waals surface area contributed by atoms with Gasteiger partial charge in [0, 0.05) is 32.9 Å². The van der Waals surface area contributed by atoms with Crippen molar-refractivity contribution < 1.29 is 14.6 Å². The molecule has 0 aromatic heterocycles. The molecule has 168 valence electrons. The Morgan fingerprint density at radius 3 is 2.48 bits per heavy atom. The lowest BCUT2D eigenvalue weighted by Crippen LogP contribution is -2.66. The number of hydrogen-bond donors (Lipinski definition) is 1. The first kappa shape index (κ1) is 21.0. The van der Waals surface area contributed by atoms with Gasteiger partial charge in [0.15, 0.2) is 5.11 Å². The zero-order valence-corrected chi connectivity index (χ0v) is 19.3. The lowest BCUT2D eigenvalue weighted by atomic mass is 9.74. The lowest BCUT2D eigenvalue weighted by Gasteiger charge is -2.49. The molecule has 5 fully saturated rings. The van der Waals surface area contributed by atoms with Gasteiger partial charge in [0.25, 0.3) is 0 Å². The fraction of sp³-hybridized carbons (Fsp3) is 0.667. The summed E-state index contributed by atoms with van der Waals surface area (Å²) in [4.78, 5) is 19.3. The van der Waals surface area contributed by atoms with Crippen molar-refractivity contribution in [1.29, 1.82) is 0 Å². The molecular formula is C24H33N3O3S. The van der Waals surface area contributed by atoms with Gasteiger partial charge in [-0.25, -0.2) is 0 Å². The molecule has 1 aromatic carbocycles. The SMILES string of the molecule is CN(C)c1ccc(CN2C(=S)N(CC3CCCCC3)C3C4CC(O)C(OC4=O)C32)cc1. The molecule has 3 heterocycles. The molecule has 2 bridgehead atoms. The minimum Gasteiger partial charge on any atom is -0.457 e. The third kappa shape index (κ3) is 3.69. The molecule has 2 aliphatic carbocycles. The second-order valence-electron chi connectivity index (χ2n) is 9.92. The highest BCUT2D eigenvalue weighted by Gasteiger charge is 2.62. The van der Waals surface area contributed by atoms with E-state index in [1.165, 1.54) is 37.7 Å². The number of aliphatic hydroxyl groups is 1. The second kappa shape index (κ2) is 8.24. The van der Waals surface area contributed by atoms with Gasteiger partial charge in [-0.3, -0.25) is 4.79 Å². The Balaban J connectivity index is 1.43. The van der Waals surface area contributed by atoms with Crippen LogP contribution < -0.4 is 4.90 Å². The number of ether oxygens (including phenoxy) is 1. The Morgan fingerprint density at radius 1 is 1.10 bits per heavy atom. The number of carbonyl (C=O) groups is 1. The summed E-state index contributed by atoms with van der Waals surface area (Å²) in [6.07, 6.45) is 5.75. The Kier molecular flexibility index (Phi) is 5.59. The Hall–Kier alpha value is -1.86. The van der Waals surface area contributed by atoms with E-state index in [1.54, 1.807) is 0 Å². The molecule has 5 aliphatic rings. The molecular weight excluding hydrogens is 410 g/mol. The van der Waals surface area contributed by atoms with Gasteiger partial charge in [-0.15, -0.1) is 0 Å². The van der Waals surface area contributed by atoms with E-state index in [0.29, 0.717) is 18.9 Å². The van der Waals surface area contributed by atoms with E-state index < -0.39 is 12.2 Å². The Morgan fingerprint density at radius 2 is 1.81 bits per heavy atom. The monoisotopic (exact) mass is 443 g/mol. The van der Waals surface area contributed by atoms with Crippen molar-refractivity contribution in [2.24, 2.45) is 11.8 Å². The highest BCUT2D eigenvalue weighted by Crippen LogP contribution is 2.45. The van der Waals surface area contributed by atoms with Crippen LogP contribution in [0.1, 0.15) is 44.1 Å². The number of benzene rings is 1. The summed E-state index contributed by atoms with van der Waals surface area (Å²) in [6.45, 7) is 1.59. The molecule has 0 spiro atoms. The number of fused-ring (bicyclic) bond motifs is 2. The van der Waals surface area contributed by atoms with Crippen molar-refractivity contribution in [3.05, 3.63) is 29.8 Å². The van der Waals surface area contributed by atoms with Crippen molar-refractivity contribution in [1.82, 2.24) is 9.80 Å². The number of hydrogen-bond acceptors (Lipinski definition) is 5. The fourth-order valence-electron chi connectivity index (χ4n) is 6.10. The van der Waals surface area contributed by atoms with Crippen molar-refractivity contribution >= 4 is 29.0 Å². The van der Waals surface area contributed by atoms with Crippen LogP contribution in [-0.2, 0) is 16.1 Å². The van der Waals surface area contributed by atoms with Gasteiger partial charge < -0.3 is 24.5 Å². The molecule has 1 N–H and O–H groups in total. The number of esters is 1. The van der Waals surface area contributed by atoms with Crippen molar-refractivity contribution in [2.45, 2.75) is 69.4 Å². The van der Waals surface area contributed by atoms with Crippen LogP contribution in [0.25, 0.3) is 0 Å². The van der Waals surface area contributed by atoms with E-state index in [1.807, 2.05) is 14.1 Å². The molecule has 3 aliphatic heterocycles. The molecule has 6 rings (SSSR count). The molecule has 5 atom stereocenters. The maximum atomic E-state index is 12.6. The van der Waals surface area contributed by atoms with E-state index >= 15 is 0 Å². The molecule has 6 nitrogen and oxygen atoms in total. The molecule has 1 aromatic rings. The van der Waals surface area contributed by atoms with E-state index in [9.17, 15) is 9.90 Å². The van der Waals surface area contributed by atoms with Crippen LogP contribution in [0.4, 0.5) is 5.69 Å². The van der Waals surface area contributed by atoms with Gasteiger partial charge in [0.1, 0.15) is 6.10 Å². The standard InChI is InChI=1S/C24H33N3O3S/c1-25(2)17-10-8-16(9-11-17)14-27-21-20(18-12-19(28)22(21)30-23(18)29)26(24(27)31)13-15-6-4-3-5-7-15/h8-11,15,18-22,28H,3-7,12-14H2,1-2H3. The van der Waals surface area contributed by atoms with E-state index in [4.69, 9.17) is 17.0 Å². The van der Waals surface area contributed by atoms with Crippen LogP contribution in [0, 0.1) is 11.8 Å². The van der Waals surface area contributed by atoms with Crippen LogP contribution >= 0.6 is 12.2 Å². The smallest absolute Gasteiger partial charge is 0.311 e. The molecule has 7 heteroatoms. The Bertz CT molecular complexity index is 839. The number of rotatable bonds is 5. The molecule has 3 saturated heterocycles. The topological polar surface area (TPSA) is 56.3 Å². The van der Waals surface area contributed by atoms with E-state index in [0.717, 1.165) is 17.3 Å². The zero-order valence-electron chi connectivity index (χ0n) is 18.4. The largest absolute Gasteiger partial charge is 0.457 e. The fourth-order valence-corrected chi connectivity index (χ4v) is 6.48. The average Bonchev–Trinajstić information content (AvgIpc) is 3.03.